The van der Waals surface area contributed by atoms with E-state index in [0.29, 0.717) is 5.92 Å². The van der Waals surface area contributed by atoms with Crippen molar-refractivity contribution in [1.82, 2.24) is 4.57 Å². The van der Waals surface area contributed by atoms with Crippen LogP contribution >= 0.6 is 15.9 Å². The van der Waals surface area contributed by atoms with E-state index in [-0.39, 0.29) is 0 Å². The third kappa shape index (κ3) is 1.48. The molecule has 0 amide bonds. The SMILES string of the molecule is CC(CBr)c1cccc2ccn(C)c12. The smallest absolute Gasteiger partial charge is 0.0513 e. The van der Waals surface area contributed by atoms with Gasteiger partial charge in [0.1, 0.15) is 0 Å². The molecule has 2 rings (SSSR count). The normalized spacial score (nSPS) is 13.4. The molecule has 2 aromatic rings. The van der Waals surface area contributed by atoms with Crippen LogP contribution in [0, 0.1) is 0 Å². The van der Waals surface area contributed by atoms with Gasteiger partial charge in [0.05, 0.1) is 5.52 Å². The van der Waals surface area contributed by atoms with Crippen molar-refractivity contribution in [3.8, 4) is 0 Å². The van der Waals surface area contributed by atoms with Gasteiger partial charge in [-0.2, -0.15) is 0 Å². The molecule has 0 radical (unpaired) electrons. The number of halogens is 1. The Balaban J connectivity index is 2.69. The minimum absolute atomic E-state index is 0.562. The number of aromatic nitrogens is 1. The highest BCUT2D eigenvalue weighted by Gasteiger charge is 2.09. The summed E-state index contributed by atoms with van der Waals surface area (Å²) in [6.07, 6.45) is 2.12. The van der Waals surface area contributed by atoms with E-state index >= 15 is 0 Å². The Morgan fingerprint density at radius 2 is 2.14 bits per heavy atom. The highest BCUT2D eigenvalue weighted by Crippen LogP contribution is 2.26. The molecule has 0 bridgehead atoms. The Bertz CT molecular complexity index is 445. The number of benzene rings is 1. The first kappa shape index (κ1) is 9.78. The van der Waals surface area contributed by atoms with Crippen LogP contribution in [-0.4, -0.2) is 9.90 Å². The fourth-order valence-corrected chi connectivity index (χ4v) is 2.22. The predicted molar refractivity (Wildman–Crippen MR) is 65.1 cm³/mol. The van der Waals surface area contributed by atoms with Gasteiger partial charge >= 0.3 is 0 Å². The number of alkyl halides is 1. The molecule has 0 aliphatic carbocycles. The van der Waals surface area contributed by atoms with Crippen LogP contribution < -0.4 is 0 Å². The van der Waals surface area contributed by atoms with Crippen LogP contribution in [0.1, 0.15) is 18.4 Å². The first-order chi connectivity index (χ1) is 6.74. The number of hydrogen-bond donors (Lipinski definition) is 0. The third-order valence-corrected chi connectivity index (χ3v) is 3.66. The summed E-state index contributed by atoms with van der Waals surface area (Å²) in [4.78, 5) is 0. The maximum Gasteiger partial charge on any atom is 0.0513 e. The number of aryl methyl sites for hydroxylation is 1. The fourth-order valence-electron chi connectivity index (χ4n) is 1.87. The molecule has 1 aromatic carbocycles. The van der Waals surface area contributed by atoms with Gasteiger partial charge in [0.2, 0.25) is 0 Å². The van der Waals surface area contributed by atoms with Crippen molar-refractivity contribution in [2.45, 2.75) is 12.8 Å². The lowest BCUT2D eigenvalue weighted by Gasteiger charge is -2.11. The Morgan fingerprint density at radius 3 is 2.86 bits per heavy atom. The van der Waals surface area contributed by atoms with Gasteiger partial charge in [-0.15, -0.1) is 0 Å². The molecule has 0 saturated heterocycles. The standard InChI is InChI=1S/C12H14BrN/c1-9(8-13)11-5-3-4-10-6-7-14(2)12(10)11/h3-7,9H,8H2,1-2H3. The van der Waals surface area contributed by atoms with E-state index in [2.05, 4.69) is 64.9 Å². The molecule has 0 aliphatic heterocycles. The van der Waals surface area contributed by atoms with Crippen molar-refractivity contribution in [3.63, 3.8) is 0 Å². The van der Waals surface area contributed by atoms with E-state index < -0.39 is 0 Å². The second-order valence-corrected chi connectivity index (χ2v) is 4.41. The van der Waals surface area contributed by atoms with Gasteiger partial charge in [0, 0.05) is 18.6 Å². The quantitative estimate of drug-likeness (QED) is 0.718. The van der Waals surface area contributed by atoms with E-state index in [1.807, 2.05) is 0 Å². The highest BCUT2D eigenvalue weighted by atomic mass is 79.9. The van der Waals surface area contributed by atoms with Crippen LogP contribution in [0.3, 0.4) is 0 Å². The molecule has 0 fully saturated rings. The topological polar surface area (TPSA) is 4.93 Å². The minimum Gasteiger partial charge on any atom is -0.350 e. The van der Waals surface area contributed by atoms with Gasteiger partial charge in [-0.1, -0.05) is 41.1 Å². The lowest BCUT2D eigenvalue weighted by molar-refractivity contribution is 0.874. The zero-order valence-corrected chi connectivity index (χ0v) is 10.1. The fraction of sp³-hybridized carbons (Fsp3) is 0.333. The summed E-state index contributed by atoms with van der Waals surface area (Å²) in [6, 6.07) is 8.69. The zero-order valence-electron chi connectivity index (χ0n) is 8.50. The van der Waals surface area contributed by atoms with Crippen LogP contribution in [-0.2, 0) is 7.05 Å². The predicted octanol–water partition coefficient (Wildman–Crippen LogP) is 3.68. The van der Waals surface area contributed by atoms with Crippen LogP contribution in [0.25, 0.3) is 10.9 Å². The molecule has 74 valence electrons. The van der Waals surface area contributed by atoms with E-state index in [1.54, 1.807) is 0 Å². The van der Waals surface area contributed by atoms with Gasteiger partial charge in [0.25, 0.3) is 0 Å². The first-order valence-corrected chi connectivity index (χ1v) is 5.96. The molecule has 1 nitrogen and oxygen atoms in total. The summed E-state index contributed by atoms with van der Waals surface area (Å²) < 4.78 is 2.20. The second kappa shape index (κ2) is 3.77. The largest absolute Gasteiger partial charge is 0.350 e. The lowest BCUT2D eigenvalue weighted by atomic mass is 10.0. The second-order valence-electron chi connectivity index (χ2n) is 3.77. The Morgan fingerprint density at radius 1 is 1.36 bits per heavy atom. The molecular weight excluding hydrogens is 238 g/mol. The molecule has 1 atom stereocenters. The van der Waals surface area contributed by atoms with E-state index in [9.17, 15) is 0 Å². The van der Waals surface area contributed by atoms with E-state index in [4.69, 9.17) is 0 Å². The van der Waals surface area contributed by atoms with Crippen molar-refractivity contribution in [2.24, 2.45) is 7.05 Å². The number of rotatable bonds is 2. The van der Waals surface area contributed by atoms with Gasteiger partial charge in [-0.3, -0.25) is 0 Å². The molecule has 1 unspecified atom stereocenters. The summed E-state index contributed by atoms with van der Waals surface area (Å²) in [5, 5.41) is 2.34. The summed E-state index contributed by atoms with van der Waals surface area (Å²) >= 11 is 3.54. The van der Waals surface area contributed by atoms with Gasteiger partial charge in [-0.05, 0) is 22.9 Å². The van der Waals surface area contributed by atoms with Crippen LogP contribution in [0.2, 0.25) is 0 Å². The van der Waals surface area contributed by atoms with Crippen molar-refractivity contribution >= 4 is 26.8 Å². The van der Waals surface area contributed by atoms with Gasteiger partial charge < -0.3 is 4.57 Å². The maximum atomic E-state index is 3.54. The zero-order chi connectivity index (χ0) is 10.1. The summed E-state index contributed by atoms with van der Waals surface area (Å²) in [7, 11) is 2.10. The first-order valence-electron chi connectivity index (χ1n) is 4.84. The average molecular weight is 252 g/mol. The molecular formula is C12H14BrN. The average Bonchev–Trinajstić information content (AvgIpc) is 2.59. The van der Waals surface area contributed by atoms with Crippen molar-refractivity contribution < 1.29 is 0 Å². The molecule has 1 aromatic heterocycles. The molecule has 0 aliphatic rings. The van der Waals surface area contributed by atoms with E-state index in [0.717, 1.165) is 5.33 Å². The van der Waals surface area contributed by atoms with Gasteiger partial charge in [-0.25, -0.2) is 0 Å². The Kier molecular flexibility index (Phi) is 2.64. The Hall–Kier alpha value is -0.760. The number of nitrogens with zero attached hydrogens (tertiary/aromatic N) is 1. The molecule has 0 N–H and O–H groups in total. The van der Waals surface area contributed by atoms with Crippen molar-refractivity contribution in [1.29, 1.82) is 0 Å². The third-order valence-electron chi connectivity index (χ3n) is 2.69. The number of fused-ring (bicyclic) bond motifs is 1. The van der Waals surface area contributed by atoms with Gasteiger partial charge in [0.15, 0.2) is 0 Å². The number of hydrogen-bond acceptors (Lipinski definition) is 0. The molecule has 14 heavy (non-hydrogen) atoms. The minimum atomic E-state index is 0.562. The Labute approximate surface area is 92.9 Å². The molecule has 1 heterocycles. The monoisotopic (exact) mass is 251 g/mol. The highest BCUT2D eigenvalue weighted by molar-refractivity contribution is 9.09. The molecule has 2 heteroatoms. The van der Waals surface area contributed by atoms with E-state index in [1.165, 1.54) is 16.5 Å². The molecule has 0 saturated carbocycles. The van der Waals surface area contributed by atoms with Crippen LogP contribution in [0.5, 0.6) is 0 Å². The summed E-state index contributed by atoms with van der Waals surface area (Å²) in [5.74, 6) is 0.562. The summed E-state index contributed by atoms with van der Waals surface area (Å²) in [5.41, 5.74) is 2.78. The number of para-hydroxylation sites is 1. The molecule has 0 spiro atoms. The lowest BCUT2D eigenvalue weighted by Crippen LogP contribution is -1.98. The maximum absolute atomic E-state index is 3.54. The van der Waals surface area contributed by atoms with Crippen LogP contribution in [0.4, 0.5) is 0 Å². The van der Waals surface area contributed by atoms with Crippen molar-refractivity contribution in [2.75, 3.05) is 5.33 Å². The summed E-state index contributed by atoms with van der Waals surface area (Å²) in [6.45, 7) is 2.25. The van der Waals surface area contributed by atoms with Crippen LogP contribution in [0.15, 0.2) is 30.5 Å². The van der Waals surface area contributed by atoms with Crippen molar-refractivity contribution in [3.05, 3.63) is 36.0 Å².